The third kappa shape index (κ3) is 6.20. The van der Waals surface area contributed by atoms with Gasteiger partial charge in [0.25, 0.3) is 11.8 Å². The average Bonchev–Trinajstić information content (AvgIpc) is 2.89. The number of para-hydroxylation sites is 1. The number of nitrogens with one attached hydrogen (secondary N) is 4. The average molecular weight is 490 g/mol. The van der Waals surface area contributed by atoms with E-state index in [2.05, 4.69) is 21.5 Å². The molecule has 0 aromatic heterocycles. The van der Waals surface area contributed by atoms with Gasteiger partial charge in [0, 0.05) is 28.2 Å². The van der Waals surface area contributed by atoms with Crippen LogP contribution in [0.2, 0.25) is 0 Å². The zero-order chi connectivity index (χ0) is 25.5. The van der Waals surface area contributed by atoms with Gasteiger partial charge in [-0.15, -0.1) is 0 Å². The summed E-state index contributed by atoms with van der Waals surface area (Å²) in [7, 11) is 0. The van der Waals surface area contributed by atoms with E-state index in [0.717, 1.165) is 11.8 Å². The SMILES string of the molecule is O=C(NNc1ccccc1C(F)(F)F)c1ccc(Nc2ccc(NC(=O)c3ccccc3)cc2)cc1. The number of halogens is 3. The number of rotatable bonds is 7. The van der Waals surface area contributed by atoms with Crippen molar-refractivity contribution in [2.45, 2.75) is 6.18 Å². The molecule has 4 N–H and O–H groups in total. The van der Waals surface area contributed by atoms with Crippen molar-refractivity contribution < 1.29 is 22.8 Å². The van der Waals surface area contributed by atoms with Crippen molar-refractivity contribution in [1.82, 2.24) is 5.43 Å². The van der Waals surface area contributed by atoms with Crippen LogP contribution in [0.1, 0.15) is 26.3 Å². The molecule has 4 aromatic rings. The normalized spacial score (nSPS) is 10.9. The second-order valence-electron chi connectivity index (χ2n) is 7.72. The number of amides is 2. The van der Waals surface area contributed by atoms with E-state index < -0.39 is 17.6 Å². The van der Waals surface area contributed by atoms with Gasteiger partial charge in [0.2, 0.25) is 0 Å². The minimum atomic E-state index is -4.55. The van der Waals surface area contributed by atoms with Gasteiger partial charge in [-0.05, 0) is 72.8 Å². The first-order valence-corrected chi connectivity index (χ1v) is 10.9. The second-order valence-corrected chi connectivity index (χ2v) is 7.72. The molecule has 2 amide bonds. The molecule has 36 heavy (non-hydrogen) atoms. The van der Waals surface area contributed by atoms with Crippen LogP contribution in [0.4, 0.5) is 35.9 Å². The smallest absolute Gasteiger partial charge is 0.356 e. The first-order chi connectivity index (χ1) is 17.3. The minimum absolute atomic E-state index is 0.207. The van der Waals surface area contributed by atoms with E-state index in [1.807, 2.05) is 6.07 Å². The summed E-state index contributed by atoms with van der Waals surface area (Å²) in [5, 5.41) is 6.00. The van der Waals surface area contributed by atoms with Crippen LogP contribution in [-0.2, 0) is 6.18 Å². The maximum Gasteiger partial charge on any atom is 0.418 e. The Hall–Kier alpha value is -4.79. The van der Waals surface area contributed by atoms with E-state index in [-0.39, 0.29) is 17.2 Å². The highest BCUT2D eigenvalue weighted by atomic mass is 19.4. The number of benzene rings is 4. The second kappa shape index (κ2) is 10.6. The first kappa shape index (κ1) is 24.3. The maximum atomic E-state index is 13.1. The van der Waals surface area contributed by atoms with Crippen LogP contribution in [-0.4, -0.2) is 11.8 Å². The van der Waals surface area contributed by atoms with E-state index in [1.54, 1.807) is 72.8 Å². The topological polar surface area (TPSA) is 82.3 Å². The Morgan fingerprint density at radius 2 is 1.11 bits per heavy atom. The van der Waals surface area contributed by atoms with Crippen molar-refractivity contribution in [1.29, 1.82) is 0 Å². The van der Waals surface area contributed by atoms with Crippen LogP contribution in [0.15, 0.2) is 103 Å². The largest absolute Gasteiger partial charge is 0.418 e. The van der Waals surface area contributed by atoms with Gasteiger partial charge in [-0.1, -0.05) is 30.3 Å². The molecular weight excluding hydrogens is 469 g/mol. The van der Waals surface area contributed by atoms with Crippen LogP contribution >= 0.6 is 0 Å². The first-order valence-electron chi connectivity index (χ1n) is 10.9. The highest BCUT2D eigenvalue weighted by Crippen LogP contribution is 2.34. The Balaban J connectivity index is 1.32. The Morgan fingerprint density at radius 3 is 1.75 bits per heavy atom. The lowest BCUT2D eigenvalue weighted by Gasteiger charge is -2.15. The van der Waals surface area contributed by atoms with E-state index in [0.29, 0.717) is 16.9 Å². The van der Waals surface area contributed by atoms with Gasteiger partial charge in [0.15, 0.2) is 0 Å². The summed E-state index contributed by atoms with van der Waals surface area (Å²) < 4.78 is 39.3. The van der Waals surface area contributed by atoms with Crippen LogP contribution in [0.5, 0.6) is 0 Å². The molecule has 0 unspecified atom stereocenters. The van der Waals surface area contributed by atoms with Crippen molar-refractivity contribution in [3.63, 3.8) is 0 Å². The molecule has 4 rings (SSSR count). The molecule has 0 aliphatic heterocycles. The number of carbonyl (C=O) groups is 2. The molecule has 9 heteroatoms. The minimum Gasteiger partial charge on any atom is -0.356 e. The third-order valence-corrected chi connectivity index (χ3v) is 5.16. The van der Waals surface area contributed by atoms with Crippen LogP contribution in [0.25, 0.3) is 0 Å². The lowest BCUT2D eigenvalue weighted by molar-refractivity contribution is -0.137. The molecule has 0 saturated carbocycles. The van der Waals surface area contributed by atoms with Crippen molar-refractivity contribution in [2.24, 2.45) is 0 Å². The standard InChI is InChI=1S/C27H21F3N4O2/c28-27(29,30)23-8-4-5-9-24(23)33-34-26(36)19-10-12-20(13-11-19)31-21-14-16-22(17-15-21)32-25(35)18-6-2-1-3-7-18/h1-17,31,33H,(H,32,35)(H,34,36). The monoisotopic (exact) mass is 490 g/mol. The highest BCUT2D eigenvalue weighted by molar-refractivity contribution is 6.04. The summed E-state index contributed by atoms with van der Waals surface area (Å²) in [6, 6.07) is 27.3. The van der Waals surface area contributed by atoms with E-state index in [4.69, 9.17) is 0 Å². The van der Waals surface area contributed by atoms with Gasteiger partial charge in [0.05, 0.1) is 11.3 Å². The Kier molecular flexibility index (Phi) is 7.20. The van der Waals surface area contributed by atoms with Gasteiger partial charge in [-0.25, -0.2) is 0 Å². The summed E-state index contributed by atoms with van der Waals surface area (Å²) >= 11 is 0. The van der Waals surface area contributed by atoms with Gasteiger partial charge in [-0.2, -0.15) is 13.2 Å². The highest BCUT2D eigenvalue weighted by Gasteiger charge is 2.33. The van der Waals surface area contributed by atoms with Crippen molar-refractivity contribution >= 4 is 34.6 Å². The lowest BCUT2D eigenvalue weighted by atomic mass is 10.1. The quantitative estimate of drug-likeness (QED) is 0.224. The molecular formula is C27H21F3N4O2. The van der Waals surface area contributed by atoms with Crippen LogP contribution in [0, 0.1) is 0 Å². The fraction of sp³-hybridized carbons (Fsp3) is 0.0370. The molecule has 0 aliphatic rings. The lowest BCUT2D eigenvalue weighted by Crippen LogP contribution is -2.30. The van der Waals surface area contributed by atoms with Crippen molar-refractivity contribution in [2.75, 3.05) is 16.1 Å². The van der Waals surface area contributed by atoms with E-state index >= 15 is 0 Å². The number of hydrogen-bond acceptors (Lipinski definition) is 4. The summed E-state index contributed by atoms with van der Waals surface area (Å²) in [6.45, 7) is 0. The van der Waals surface area contributed by atoms with Crippen molar-refractivity contribution in [3.8, 4) is 0 Å². The van der Waals surface area contributed by atoms with E-state index in [9.17, 15) is 22.8 Å². The van der Waals surface area contributed by atoms with Gasteiger partial charge in [-0.3, -0.25) is 20.4 Å². The Morgan fingerprint density at radius 1 is 0.583 bits per heavy atom. The predicted octanol–water partition coefficient (Wildman–Crippen LogP) is 6.46. The molecule has 0 bridgehead atoms. The third-order valence-electron chi connectivity index (χ3n) is 5.16. The molecule has 0 spiro atoms. The van der Waals surface area contributed by atoms with Crippen LogP contribution in [0.3, 0.4) is 0 Å². The Bertz CT molecular complexity index is 1340. The summed E-state index contributed by atoms with van der Waals surface area (Å²) in [5.74, 6) is -0.793. The fourth-order valence-corrected chi connectivity index (χ4v) is 3.34. The zero-order valence-electron chi connectivity index (χ0n) is 18.8. The molecule has 182 valence electrons. The van der Waals surface area contributed by atoms with E-state index in [1.165, 1.54) is 18.2 Å². The molecule has 6 nitrogen and oxygen atoms in total. The summed E-state index contributed by atoms with van der Waals surface area (Å²) in [5.41, 5.74) is 6.41. The molecule has 0 radical (unpaired) electrons. The Labute approximate surface area is 205 Å². The van der Waals surface area contributed by atoms with Crippen LogP contribution < -0.4 is 21.5 Å². The summed E-state index contributed by atoms with van der Waals surface area (Å²) in [6.07, 6.45) is -4.55. The van der Waals surface area contributed by atoms with Crippen molar-refractivity contribution in [3.05, 3.63) is 120 Å². The fourth-order valence-electron chi connectivity index (χ4n) is 3.34. The maximum absolute atomic E-state index is 13.1. The molecule has 0 atom stereocenters. The molecule has 0 aliphatic carbocycles. The number of hydrazine groups is 1. The summed E-state index contributed by atoms with van der Waals surface area (Å²) in [4.78, 5) is 24.6. The number of carbonyl (C=O) groups excluding carboxylic acids is 2. The van der Waals surface area contributed by atoms with Gasteiger partial charge < -0.3 is 10.6 Å². The number of anilines is 4. The van der Waals surface area contributed by atoms with Gasteiger partial charge in [0.1, 0.15) is 0 Å². The predicted molar refractivity (Wildman–Crippen MR) is 133 cm³/mol. The molecule has 0 fully saturated rings. The number of alkyl halides is 3. The molecule has 0 saturated heterocycles. The molecule has 0 heterocycles. The molecule has 4 aromatic carbocycles. The van der Waals surface area contributed by atoms with Gasteiger partial charge >= 0.3 is 6.18 Å². The number of hydrogen-bond donors (Lipinski definition) is 4. The zero-order valence-corrected chi connectivity index (χ0v) is 18.8.